The molecule has 1 unspecified atom stereocenters. The van der Waals surface area contributed by atoms with Gasteiger partial charge in [0.15, 0.2) is 5.82 Å². The Balaban J connectivity index is 2.01. The Morgan fingerprint density at radius 3 is 2.58 bits per heavy atom. The summed E-state index contributed by atoms with van der Waals surface area (Å²) in [6.07, 6.45) is 1.99. The van der Waals surface area contributed by atoms with Crippen LogP contribution in [0.25, 0.3) is 11.4 Å². The number of pyridine rings is 1. The minimum atomic E-state index is -0.880. The molecule has 0 amide bonds. The molecule has 9 heteroatoms. The molecule has 0 aliphatic rings. The third-order valence-corrected chi connectivity index (χ3v) is 3.39. The number of aliphatic hydroxyl groups is 1. The molecule has 0 radical (unpaired) electrons. The molecule has 0 aliphatic carbocycles. The zero-order valence-corrected chi connectivity index (χ0v) is 13.8. The molecule has 134 valence electrons. The Kier molecular flexibility index (Phi) is 5.28. The zero-order valence-electron chi connectivity index (χ0n) is 13.8. The first-order valence-electron chi connectivity index (χ1n) is 7.88. The molecular formula is C17H16F2N6O. The number of aromatic nitrogens is 4. The maximum Gasteiger partial charge on any atom is 0.232 e. The topological polar surface area (TPSA) is 95.8 Å². The SMILES string of the molecule is CCC(O)Nc1nc(Nc2cncc(F)c2)nc(-c2ccccc2F)n1. The summed E-state index contributed by atoms with van der Waals surface area (Å²) < 4.78 is 27.4. The fraction of sp³-hybridized carbons (Fsp3) is 0.176. The second-order valence-corrected chi connectivity index (χ2v) is 5.37. The van der Waals surface area contributed by atoms with Crippen molar-refractivity contribution in [1.82, 2.24) is 19.9 Å². The van der Waals surface area contributed by atoms with Crippen LogP contribution in [0.5, 0.6) is 0 Å². The molecule has 26 heavy (non-hydrogen) atoms. The maximum absolute atomic E-state index is 14.1. The Bertz CT molecular complexity index is 908. The highest BCUT2D eigenvalue weighted by molar-refractivity contribution is 5.61. The lowest BCUT2D eigenvalue weighted by molar-refractivity contribution is 0.198. The van der Waals surface area contributed by atoms with E-state index in [0.29, 0.717) is 12.1 Å². The number of hydrogen-bond donors (Lipinski definition) is 3. The standard InChI is InChI=1S/C17H16F2N6O/c1-2-14(26)22-17-24-15(12-5-3-4-6-13(12)19)23-16(25-17)21-11-7-10(18)8-20-9-11/h3-9,14,26H,2H2,1H3,(H2,21,22,23,24,25). The van der Waals surface area contributed by atoms with E-state index in [4.69, 9.17) is 0 Å². The van der Waals surface area contributed by atoms with Gasteiger partial charge in [0.2, 0.25) is 11.9 Å². The van der Waals surface area contributed by atoms with Crippen LogP contribution in [0, 0.1) is 11.6 Å². The summed E-state index contributed by atoms with van der Waals surface area (Å²) in [5.41, 5.74) is 0.488. The highest BCUT2D eigenvalue weighted by Crippen LogP contribution is 2.22. The molecule has 0 bridgehead atoms. The molecule has 0 saturated carbocycles. The second kappa shape index (κ2) is 7.79. The monoisotopic (exact) mass is 358 g/mol. The summed E-state index contributed by atoms with van der Waals surface area (Å²) >= 11 is 0. The summed E-state index contributed by atoms with van der Waals surface area (Å²) in [6.45, 7) is 1.77. The van der Waals surface area contributed by atoms with Crippen molar-refractivity contribution in [2.75, 3.05) is 10.6 Å². The van der Waals surface area contributed by atoms with E-state index >= 15 is 0 Å². The van der Waals surface area contributed by atoms with Gasteiger partial charge in [-0.15, -0.1) is 0 Å². The van der Waals surface area contributed by atoms with Crippen molar-refractivity contribution in [1.29, 1.82) is 0 Å². The van der Waals surface area contributed by atoms with E-state index in [1.165, 1.54) is 24.4 Å². The number of benzene rings is 1. The first-order valence-corrected chi connectivity index (χ1v) is 7.88. The van der Waals surface area contributed by atoms with E-state index in [9.17, 15) is 13.9 Å². The summed E-state index contributed by atoms with van der Waals surface area (Å²) in [5.74, 6) is -0.858. The van der Waals surface area contributed by atoms with Gasteiger partial charge in [-0.1, -0.05) is 19.1 Å². The first kappa shape index (κ1) is 17.6. The average Bonchev–Trinajstić information content (AvgIpc) is 2.62. The van der Waals surface area contributed by atoms with Crippen LogP contribution < -0.4 is 10.6 Å². The molecule has 7 nitrogen and oxygen atoms in total. The van der Waals surface area contributed by atoms with Gasteiger partial charge in [-0.3, -0.25) is 4.98 Å². The van der Waals surface area contributed by atoms with Crippen LogP contribution in [0.1, 0.15) is 13.3 Å². The molecule has 3 aromatic rings. The quantitative estimate of drug-likeness (QED) is 0.583. The molecule has 0 saturated heterocycles. The number of nitrogens with zero attached hydrogens (tertiary/aromatic N) is 4. The van der Waals surface area contributed by atoms with Crippen LogP contribution in [-0.4, -0.2) is 31.3 Å². The van der Waals surface area contributed by atoms with E-state index in [0.717, 1.165) is 6.20 Å². The van der Waals surface area contributed by atoms with Crippen molar-refractivity contribution in [3.05, 3.63) is 54.4 Å². The maximum atomic E-state index is 14.1. The van der Waals surface area contributed by atoms with Crippen LogP contribution in [0.15, 0.2) is 42.7 Å². The minimum Gasteiger partial charge on any atom is -0.374 e. The number of hydrogen-bond acceptors (Lipinski definition) is 7. The van der Waals surface area contributed by atoms with Crippen LogP contribution in [0.2, 0.25) is 0 Å². The Labute approximate surface area is 148 Å². The Morgan fingerprint density at radius 2 is 1.85 bits per heavy atom. The average molecular weight is 358 g/mol. The lowest BCUT2D eigenvalue weighted by Gasteiger charge is -2.13. The van der Waals surface area contributed by atoms with Crippen molar-refractivity contribution in [2.24, 2.45) is 0 Å². The van der Waals surface area contributed by atoms with Gasteiger partial charge in [0.25, 0.3) is 0 Å². The van der Waals surface area contributed by atoms with Crippen LogP contribution >= 0.6 is 0 Å². The third kappa shape index (κ3) is 4.25. The van der Waals surface area contributed by atoms with E-state index in [2.05, 4.69) is 30.6 Å². The summed E-state index contributed by atoms with van der Waals surface area (Å²) in [6, 6.07) is 7.24. The predicted molar refractivity (Wildman–Crippen MR) is 92.6 cm³/mol. The lowest BCUT2D eigenvalue weighted by Crippen LogP contribution is -2.20. The largest absolute Gasteiger partial charge is 0.374 e. The smallest absolute Gasteiger partial charge is 0.232 e. The number of halogens is 2. The van der Waals surface area contributed by atoms with Crippen molar-refractivity contribution < 1.29 is 13.9 Å². The molecular weight excluding hydrogens is 342 g/mol. The highest BCUT2D eigenvalue weighted by atomic mass is 19.1. The van der Waals surface area contributed by atoms with Gasteiger partial charge in [0.05, 0.1) is 23.6 Å². The fourth-order valence-corrected chi connectivity index (χ4v) is 2.12. The molecule has 0 fully saturated rings. The Morgan fingerprint density at radius 1 is 1.08 bits per heavy atom. The van der Waals surface area contributed by atoms with Gasteiger partial charge in [-0.25, -0.2) is 8.78 Å². The molecule has 2 heterocycles. The number of aliphatic hydroxyl groups excluding tert-OH is 1. The van der Waals surface area contributed by atoms with E-state index in [1.807, 2.05) is 0 Å². The van der Waals surface area contributed by atoms with Gasteiger partial charge < -0.3 is 15.7 Å². The van der Waals surface area contributed by atoms with Gasteiger partial charge in [-0.05, 0) is 18.6 Å². The zero-order chi connectivity index (χ0) is 18.5. The molecule has 3 rings (SSSR count). The van der Waals surface area contributed by atoms with Crippen LogP contribution in [0.3, 0.4) is 0 Å². The molecule has 1 atom stereocenters. The molecule has 0 aliphatic heterocycles. The molecule has 0 spiro atoms. The number of rotatable bonds is 6. The van der Waals surface area contributed by atoms with E-state index < -0.39 is 17.9 Å². The Hall–Kier alpha value is -3.20. The normalized spacial score (nSPS) is 11.8. The summed E-state index contributed by atoms with van der Waals surface area (Å²) in [5, 5.41) is 15.3. The van der Waals surface area contributed by atoms with Crippen molar-refractivity contribution in [2.45, 2.75) is 19.6 Å². The summed E-state index contributed by atoms with van der Waals surface area (Å²) in [4.78, 5) is 16.2. The van der Waals surface area contributed by atoms with Crippen molar-refractivity contribution in [3.8, 4) is 11.4 Å². The van der Waals surface area contributed by atoms with Gasteiger partial charge in [0.1, 0.15) is 17.9 Å². The summed E-state index contributed by atoms with van der Waals surface area (Å²) in [7, 11) is 0. The van der Waals surface area contributed by atoms with Gasteiger partial charge in [-0.2, -0.15) is 15.0 Å². The third-order valence-electron chi connectivity index (χ3n) is 3.39. The van der Waals surface area contributed by atoms with E-state index in [1.54, 1.807) is 19.1 Å². The van der Waals surface area contributed by atoms with Gasteiger partial charge >= 0.3 is 0 Å². The second-order valence-electron chi connectivity index (χ2n) is 5.37. The molecule has 3 N–H and O–H groups in total. The highest BCUT2D eigenvalue weighted by Gasteiger charge is 2.14. The van der Waals surface area contributed by atoms with Gasteiger partial charge in [0, 0.05) is 6.07 Å². The van der Waals surface area contributed by atoms with Crippen molar-refractivity contribution >= 4 is 17.6 Å². The van der Waals surface area contributed by atoms with Crippen LogP contribution in [0.4, 0.5) is 26.4 Å². The fourth-order valence-electron chi connectivity index (χ4n) is 2.12. The van der Waals surface area contributed by atoms with Crippen LogP contribution in [-0.2, 0) is 0 Å². The minimum absolute atomic E-state index is 0.0523. The first-order chi connectivity index (χ1) is 12.5. The predicted octanol–water partition coefficient (Wildman–Crippen LogP) is 3.10. The molecule has 1 aromatic carbocycles. The lowest BCUT2D eigenvalue weighted by atomic mass is 10.2. The van der Waals surface area contributed by atoms with E-state index in [-0.39, 0.29) is 23.3 Å². The number of nitrogens with one attached hydrogen (secondary N) is 2. The number of anilines is 3. The molecule has 2 aromatic heterocycles. The van der Waals surface area contributed by atoms with Crippen molar-refractivity contribution in [3.63, 3.8) is 0 Å².